The van der Waals surface area contributed by atoms with E-state index < -0.39 is 26.5 Å². The number of hydrogen-bond donors (Lipinski definition) is 1. The molecule has 2 unspecified atom stereocenters. The Bertz CT molecular complexity index is 1230. The lowest BCUT2D eigenvalue weighted by Gasteiger charge is -2.36. The SMILES string of the molecule is COC(=O)C(C)(C1CCc2c([nH]c3ccc(N(C)C)cc23)C1)S(=O)(=O)c1ccccc1. The van der Waals surface area contributed by atoms with Crippen LogP contribution >= 0.6 is 0 Å². The van der Waals surface area contributed by atoms with Gasteiger partial charge in [0.1, 0.15) is 0 Å². The van der Waals surface area contributed by atoms with Gasteiger partial charge in [-0.1, -0.05) is 18.2 Å². The van der Waals surface area contributed by atoms with Gasteiger partial charge in [0.15, 0.2) is 14.6 Å². The number of carbonyl (C=O) groups is 1. The van der Waals surface area contributed by atoms with Crippen LogP contribution in [0.3, 0.4) is 0 Å². The van der Waals surface area contributed by atoms with E-state index in [1.165, 1.54) is 31.7 Å². The quantitative estimate of drug-likeness (QED) is 0.612. The minimum absolute atomic E-state index is 0.140. The Morgan fingerprint density at radius 3 is 2.52 bits per heavy atom. The van der Waals surface area contributed by atoms with Crippen molar-refractivity contribution in [2.45, 2.75) is 35.8 Å². The highest BCUT2D eigenvalue weighted by Gasteiger charge is 2.54. The third-order valence-corrected chi connectivity index (χ3v) is 9.18. The van der Waals surface area contributed by atoms with Gasteiger partial charge in [0, 0.05) is 36.4 Å². The van der Waals surface area contributed by atoms with Crippen molar-refractivity contribution < 1.29 is 17.9 Å². The maximum Gasteiger partial charge on any atom is 0.327 e. The molecule has 1 aliphatic carbocycles. The van der Waals surface area contributed by atoms with E-state index in [4.69, 9.17) is 4.74 Å². The molecule has 0 radical (unpaired) electrons. The molecule has 0 saturated heterocycles. The number of carbonyl (C=O) groups excluding carboxylic acids is 1. The first kappa shape index (κ1) is 21.4. The summed E-state index contributed by atoms with van der Waals surface area (Å²) in [5.74, 6) is -1.12. The van der Waals surface area contributed by atoms with Gasteiger partial charge < -0.3 is 14.6 Å². The number of H-pyrrole nitrogens is 1. The Kier molecular flexibility index (Phi) is 5.33. The molecule has 1 N–H and O–H groups in total. The molecule has 6 nitrogen and oxygen atoms in total. The molecule has 31 heavy (non-hydrogen) atoms. The van der Waals surface area contributed by atoms with Crippen molar-refractivity contribution in [3.8, 4) is 0 Å². The first-order chi connectivity index (χ1) is 14.7. The summed E-state index contributed by atoms with van der Waals surface area (Å²) in [4.78, 5) is 18.6. The maximum atomic E-state index is 13.6. The number of nitrogens with zero attached hydrogens (tertiary/aromatic N) is 1. The lowest BCUT2D eigenvalue weighted by molar-refractivity contribution is -0.145. The van der Waals surface area contributed by atoms with Crippen molar-refractivity contribution in [2.24, 2.45) is 5.92 Å². The van der Waals surface area contributed by atoms with Crippen molar-refractivity contribution in [1.29, 1.82) is 0 Å². The summed E-state index contributed by atoms with van der Waals surface area (Å²) in [6.45, 7) is 1.52. The zero-order chi connectivity index (χ0) is 22.4. The molecule has 0 saturated carbocycles. The number of nitrogens with one attached hydrogen (secondary N) is 1. The number of aromatic amines is 1. The number of hydrogen-bond acceptors (Lipinski definition) is 5. The van der Waals surface area contributed by atoms with E-state index in [0.29, 0.717) is 19.3 Å². The number of sulfone groups is 1. The van der Waals surface area contributed by atoms with Crippen molar-refractivity contribution in [3.05, 3.63) is 59.8 Å². The second kappa shape index (κ2) is 7.71. The van der Waals surface area contributed by atoms with Crippen LogP contribution in [0, 0.1) is 5.92 Å². The predicted octanol–water partition coefficient (Wildman–Crippen LogP) is 3.74. The van der Waals surface area contributed by atoms with Gasteiger partial charge in [0.05, 0.1) is 12.0 Å². The van der Waals surface area contributed by atoms with E-state index in [1.54, 1.807) is 18.2 Å². The molecule has 0 fully saturated rings. The van der Waals surface area contributed by atoms with Gasteiger partial charge in [-0.25, -0.2) is 8.42 Å². The van der Waals surface area contributed by atoms with Gasteiger partial charge in [-0.2, -0.15) is 0 Å². The van der Waals surface area contributed by atoms with Crippen LogP contribution in [0.2, 0.25) is 0 Å². The zero-order valence-electron chi connectivity index (χ0n) is 18.3. The molecule has 1 aliphatic rings. The van der Waals surface area contributed by atoms with E-state index in [2.05, 4.69) is 28.1 Å². The van der Waals surface area contributed by atoms with Gasteiger partial charge in [0.2, 0.25) is 0 Å². The fourth-order valence-electron chi connectivity index (χ4n) is 4.71. The molecule has 2 aromatic carbocycles. The molecule has 0 aliphatic heterocycles. The van der Waals surface area contributed by atoms with E-state index in [1.807, 2.05) is 14.1 Å². The second-order valence-corrected chi connectivity index (χ2v) is 10.9. The summed E-state index contributed by atoms with van der Waals surface area (Å²) < 4.78 is 30.6. The Morgan fingerprint density at radius 1 is 1.16 bits per heavy atom. The number of ether oxygens (including phenoxy) is 1. The largest absolute Gasteiger partial charge is 0.468 e. The maximum absolute atomic E-state index is 13.6. The van der Waals surface area contributed by atoms with Crippen LogP contribution < -0.4 is 4.90 Å². The summed E-state index contributed by atoms with van der Waals surface area (Å²) >= 11 is 0. The number of anilines is 1. The van der Waals surface area contributed by atoms with Crippen LogP contribution in [0.4, 0.5) is 5.69 Å². The molecular formula is C24H28N2O4S. The first-order valence-corrected chi connectivity index (χ1v) is 11.9. The number of esters is 1. The summed E-state index contributed by atoms with van der Waals surface area (Å²) in [5, 5.41) is 1.16. The topological polar surface area (TPSA) is 79.5 Å². The van der Waals surface area contributed by atoms with Crippen LogP contribution in [0.15, 0.2) is 53.4 Å². The third kappa shape index (κ3) is 3.31. The molecule has 2 atom stereocenters. The minimum Gasteiger partial charge on any atom is -0.468 e. The highest BCUT2D eigenvalue weighted by molar-refractivity contribution is 7.93. The number of benzene rings is 2. The molecule has 0 bridgehead atoms. The summed E-state index contributed by atoms with van der Waals surface area (Å²) in [7, 11) is 1.31. The number of aryl methyl sites for hydroxylation is 1. The zero-order valence-corrected chi connectivity index (χ0v) is 19.1. The van der Waals surface area contributed by atoms with Crippen molar-refractivity contribution in [3.63, 3.8) is 0 Å². The monoisotopic (exact) mass is 440 g/mol. The highest BCUT2D eigenvalue weighted by atomic mass is 32.2. The lowest BCUT2D eigenvalue weighted by Crippen LogP contribution is -2.52. The average molecular weight is 441 g/mol. The summed E-state index contributed by atoms with van der Waals surface area (Å²) in [6.07, 6.45) is 1.76. The average Bonchev–Trinajstić information content (AvgIpc) is 3.15. The molecule has 164 valence electrons. The van der Waals surface area contributed by atoms with Crippen LogP contribution in [-0.2, 0) is 32.2 Å². The van der Waals surface area contributed by atoms with E-state index >= 15 is 0 Å². The Balaban J connectivity index is 1.78. The molecule has 7 heteroatoms. The first-order valence-electron chi connectivity index (χ1n) is 10.4. The van der Waals surface area contributed by atoms with Crippen molar-refractivity contribution in [2.75, 3.05) is 26.1 Å². The fraction of sp³-hybridized carbons (Fsp3) is 0.375. The summed E-state index contributed by atoms with van der Waals surface area (Å²) in [5.41, 5.74) is 4.35. The predicted molar refractivity (Wildman–Crippen MR) is 122 cm³/mol. The number of aromatic nitrogens is 1. The smallest absolute Gasteiger partial charge is 0.327 e. The normalized spacial score (nSPS) is 18.3. The van der Waals surface area contributed by atoms with Crippen molar-refractivity contribution in [1.82, 2.24) is 4.98 Å². The fourth-order valence-corrected chi connectivity index (χ4v) is 6.66. The number of methoxy groups -OCH3 is 1. The van der Waals surface area contributed by atoms with E-state index in [-0.39, 0.29) is 4.90 Å². The molecular weight excluding hydrogens is 412 g/mol. The van der Waals surface area contributed by atoms with Crippen LogP contribution in [0.5, 0.6) is 0 Å². The summed E-state index contributed by atoms with van der Waals surface area (Å²) in [6, 6.07) is 14.4. The van der Waals surface area contributed by atoms with Gasteiger partial charge >= 0.3 is 5.97 Å². The second-order valence-electron chi connectivity index (χ2n) is 8.56. The third-order valence-electron chi connectivity index (χ3n) is 6.67. The molecule has 4 rings (SSSR count). The molecule has 0 amide bonds. The Hall–Kier alpha value is -2.80. The van der Waals surface area contributed by atoms with Crippen LogP contribution in [0.25, 0.3) is 10.9 Å². The minimum atomic E-state index is -3.96. The van der Waals surface area contributed by atoms with Crippen LogP contribution in [-0.4, -0.2) is 45.3 Å². The van der Waals surface area contributed by atoms with Gasteiger partial charge in [-0.3, -0.25) is 4.79 Å². The van der Waals surface area contributed by atoms with E-state index in [0.717, 1.165) is 22.3 Å². The van der Waals surface area contributed by atoms with Gasteiger partial charge in [-0.15, -0.1) is 0 Å². The number of rotatable bonds is 5. The Labute approximate surface area is 183 Å². The number of fused-ring (bicyclic) bond motifs is 3. The molecule has 1 heterocycles. The van der Waals surface area contributed by atoms with E-state index in [9.17, 15) is 13.2 Å². The lowest BCUT2D eigenvalue weighted by atomic mass is 9.79. The van der Waals surface area contributed by atoms with Crippen LogP contribution in [0.1, 0.15) is 24.6 Å². The Morgan fingerprint density at radius 2 is 1.87 bits per heavy atom. The molecule has 3 aromatic rings. The molecule has 1 aromatic heterocycles. The van der Waals surface area contributed by atoms with Crippen molar-refractivity contribution >= 4 is 32.4 Å². The van der Waals surface area contributed by atoms with Gasteiger partial charge in [0.25, 0.3) is 0 Å². The standard InChI is InChI=1S/C24H28N2O4S/c1-24(23(27)30-4,31(28,29)18-8-6-5-7-9-18)16-10-12-19-20-15-17(26(2)3)11-13-21(20)25-22(19)14-16/h5-9,11,13,15-16,25H,10,12,14H2,1-4H3. The molecule has 0 spiro atoms. The highest BCUT2D eigenvalue weighted by Crippen LogP contribution is 2.42. The van der Waals surface area contributed by atoms with Gasteiger partial charge in [-0.05, 0) is 68.0 Å².